The number of phenolic OH excluding ortho intramolecular Hbond substituents is 1. The molecular weight excluding hydrogens is 184 g/mol. The maximum atomic E-state index is 11.3. The zero-order chi connectivity index (χ0) is 10.6. The van der Waals surface area contributed by atoms with Crippen molar-refractivity contribution in [1.82, 2.24) is 10.9 Å². The minimum absolute atomic E-state index is 0.000440. The van der Waals surface area contributed by atoms with Crippen LogP contribution in [-0.4, -0.2) is 16.9 Å². The molecule has 1 rings (SSSR count). The Morgan fingerprint density at radius 1 is 1.29 bits per heavy atom. The Kier molecular flexibility index (Phi) is 3.06. The highest BCUT2D eigenvalue weighted by atomic mass is 16.3. The SMILES string of the molecule is CC(=O)NNC(=O)c1cccc(O)c1. The lowest BCUT2D eigenvalue weighted by Gasteiger charge is -2.04. The van der Waals surface area contributed by atoms with Gasteiger partial charge in [-0.1, -0.05) is 6.07 Å². The quantitative estimate of drug-likeness (QED) is 0.558. The van der Waals surface area contributed by atoms with Gasteiger partial charge in [-0.25, -0.2) is 0 Å². The topological polar surface area (TPSA) is 78.4 Å². The number of hydrogen-bond acceptors (Lipinski definition) is 3. The second-order valence-electron chi connectivity index (χ2n) is 2.69. The number of phenols is 1. The number of rotatable bonds is 1. The molecule has 14 heavy (non-hydrogen) atoms. The first-order chi connectivity index (χ1) is 6.59. The van der Waals surface area contributed by atoms with Crippen molar-refractivity contribution in [3.63, 3.8) is 0 Å². The van der Waals surface area contributed by atoms with Crippen molar-refractivity contribution in [2.24, 2.45) is 0 Å². The van der Waals surface area contributed by atoms with Crippen molar-refractivity contribution in [3.05, 3.63) is 29.8 Å². The van der Waals surface area contributed by atoms with Crippen LogP contribution in [0, 0.1) is 0 Å². The smallest absolute Gasteiger partial charge is 0.269 e. The molecule has 0 saturated heterocycles. The van der Waals surface area contributed by atoms with E-state index < -0.39 is 5.91 Å². The minimum atomic E-state index is -0.476. The molecule has 1 aromatic rings. The maximum Gasteiger partial charge on any atom is 0.269 e. The van der Waals surface area contributed by atoms with Gasteiger partial charge in [0, 0.05) is 12.5 Å². The third-order valence-corrected chi connectivity index (χ3v) is 1.46. The van der Waals surface area contributed by atoms with Gasteiger partial charge in [0.1, 0.15) is 5.75 Å². The predicted molar refractivity (Wildman–Crippen MR) is 49.4 cm³/mol. The van der Waals surface area contributed by atoms with Crippen LogP contribution in [0.25, 0.3) is 0 Å². The van der Waals surface area contributed by atoms with Crippen LogP contribution in [0.15, 0.2) is 24.3 Å². The lowest BCUT2D eigenvalue weighted by Crippen LogP contribution is -2.40. The average molecular weight is 194 g/mol. The monoisotopic (exact) mass is 194 g/mol. The van der Waals surface area contributed by atoms with Crippen LogP contribution in [0.1, 0.15) is 17.3 Å². The Morgan fingerprint density at radius 2 is 2.00 bits per heavy atom. The van der Waals surface area contributed by atoms with Gasteiger partial charge in [0.15, 0.2) is 0 Å². The summed E-state index contributed by atoms with van der Waals surface area (Å²) in [7, 11) is 0. The van der Waals surface area contributed by atoms with E-state index in [9.17, 15) is 9.59 Å². The van der Waals surface area contributed by atoms with Crippen LogP contribution in [0.4, 0.5) is 0 Å². The Labute approximate surface area is 80.7 Å². The Hall–Kier alpha value is -2.04. The number of benzene rings is 1. The summed E-state index contributed by atoms with van der Waals surface area (Å²) in [6.07, 6.45) is 0. The van der Waals surface area contributed by atoms with Crippen molar-refractivity contribution in [2.45, 2.75) is 6.92 Å². The largest absolute Gasteiger partial charge is 0.508 e. The van der Waals surface area contributed by atoms with E-state index in [1.54, 1.807) is 0 Å². The highest BCUT2D eigenvalue weighted by Crippen LogP contribution is 2.10. The zero-order valence-electron chi connectivity index (χ0n) is 7.57. The van der Waals surface area contributed by atoms with Crippen molar-refractivity contribution in [2.75, 3.05) is 0 Å². The van der Waals surface area contributed by atoms with Gasteiger partial charge in [-0.15, -0.1) is 0 Å². The van der Waals surface area contributed by atoms with Gasteiger partial charge in [-0.2, -0.15) is 0 Å². The summed E-state index contributed by atoms with van der Waals surface area (Å²) < 4.78 is 0. The highest BCUT2D eigenvalue weighted by Gasteiger charge is 2.05. The van der Waals surface area contributed by atoms with E-state index in [0.717, 1.165) is 0 Å². The average Bonchev–Trinajstić information content (AvgIpc) is 2.14. The van der Waals surface area contributed by atoms with E-state index >= 15 is 0 Å². The van der Waals surface area contributed by atoms with E-state index in [2.05, 4.69) is 10.9 Å². The second kappa shape index (κ2) is 4.27. The van der Waals surface area contributed by atoms with E-state index in [0.29, 0.717) is 0 Å². The standard InChI is InChI=1S/C9H10N2O3/c1-6(12)10-11-9(14)7-3-2-4-8(13)5-7/h2-5,13H,1H3,(H,10,12)(H,11,14). The van der Waals surface area contributed by atoms with Crippen LogP contribution in [0.3, 0.4) is 0 Å². The number of hydrogen-bond donors (Lipinski definition) is 3. The van der Waals surface area contributed by atoms with Crippen LogP contribution >= 0.6 is 0 Å². The lowest BCUT2D eigenvalue weighted by atomic mass is 10.2. The minimum Gasteiger partial charge on any atom is -0.508 e. The zero-order valence-corrected chi connectivity index (χ0v) is 7.57. The van der Waals surface area contributed by atoms with Gasteiger partial charge in [0.25, 0.3) is 5.91 Å². The summed E-state index contributed by atoms with van der Waals surface area (Å²) in [5.41, 5.74) is 4.60. The Bertz CT molecular complexity index is 363. The van der Waals surface area contributed by atoms with Gasteiger partial charge in [0.05, 0.1) is 0 Å². The molecule has 0 fully saturated rings. The third kappa shape index (κ3) is 2.78. The summed E-state index contributed by atoms with van der Waals surface area (Å²) in [4.78, 5) is 21.7. The van der Waals surface area contributed by atoms with Gasteiger partial charge in [-0.05, 0) is 18.2 Å². The van der Waals surface area contributed by atoms with E-state index in [-0.39, 0.29) is 17.2 Å². The molecule has 0 aliphatic carbocycles. The summed E-state index contributed by atoms with van der Waals surface area (Å²) in [5.74, 6) is -0.838. The third-order valence-electron chi connectivity index (χ3n) is 1.46. The molecule has 0 aliphatic heterocycles. The lowest BCUT2D eigenvalue weighted by molar-refractivity contribution is -0.119. The second-order valence-corrected chi connectivity index (χ2v) is 2.69. The van der Waals surface area contributed by atoms with Gasteiger partial charge in [0.2, 0.25) is 5.91 Å². The van der Waals surface area contributed by atoms with Crippen molar-refractivity contribution >= 4 is 11.8 Å². The molecule has 74 valence electrons. The molecular formula is C9H10N2O3. The Balaban J connectivity index is 2.65. The summed E-state index contributed by atoms with van der Waals surface area (Å²) in [6.45, 7) is 1.28. The molecule has 0 bridgehead atoms. The fourth-order valence-corrected chi connectivity index (χ4v) is 0.864. The molecule has 3 N–H and O–H groups in total. The number of carbonyl (C=O) groups excluding carboxylic acids is 2. The van der Waals surface area contributed by atoms with Crippen LogP contribution in [0.2, 0.25) is 0 Å². The fraction of sp³-hybridized carbons (Fsp3) is 0.111. The van der Waals surface area contributed by atoms with Gasteiger partial charge < -0.3 is 5.11 Å². The molecule has 0 heterocycles. The van der Waals surface area contributed by atoms with Crippen LogP contribution in [0.5, 0.6) is 5.75 Å². The van der Waals surface area contributed by atoms with Crippen molar-refractivity contribution in [1.29, 1.82) is 0 Å². The molecule has 0 saturated carbocycles. The molecule has 0 radical (unpaired) electrons. The molecule has 0 aliphatic rings. The highest BCUT2D eigenvalue weighted by molar-refractivity contribution is 5.95. The molecule has 1 aromatic carbocycles. The summed E-state index contributed by atoms with van der Waals surface area (Å²) >= 11 is 0. The predicted octanol–water partition coefficient (Wildman–Crippen LogP) is 0.173. The molecule has 0 atom stereocenters. The number of amides is 2. The van der Waals surface area contributed by atoms with E-state index in [4.69, 9.17) is 5.11 Å². The van der Waals surface area contributed by atoms with E-state index in [1.807, 2.05) is 0 Å². The molecule has 2 amide bonds. The number of nitrogens with one attached hydrogen (secondary N) is 2. The molecule has 5 heteroatoms. The first kappa shape index (κ1) is 10.0. The molecule has 0 unspecified atom stereocenters. The normalized spacial score (nSPS) is 9.21. The number of carbonyl (C=O) groups is 2. The van der Waals surface area contributed by atoms with Crippen LogP contribution in [-0.2, 0) is 4.79 Å². The summed E-state index contributed by atoms with van der Waals surface area (Å²) in [5, 5.41) is 9.07. The number of hydrazine groups is 1. The van der Waals surface area contributed by atoms with Crippen molar-refractivity contribution < 1.29 is 14.7 Å². The summed E-state index contributed by atoms with van der Waals surface area (Å²) in [6, 6.07) is 5.82. The van der Waals surface area contributed by atoms with Gasteiger partial charge in [-0.3, -0.25) is 20.4 Å². The molecule has 0 spiro atoms. The maximum absolute atomic E-state index is 11.3. The Morgan fingerprint density at radius 3 is 2.57 bits per heavy atom. The van der Waals surface area contributed by atoms with E-state index in [1.165, 1.54) is 31.2 Å². The van der Waals surface area contributed by atoms with Crippen molar-refractivity contribution in [3.8, 4) is 5.75 Å². The first-order valence-corrected chi connectivity index (χ1v) is 3.95. The molecule has 5 nitrogen and oxygen atoms in total. The fourth-order valence-electron chi connectivity index (χ4n) is 0.864. The number of aromatic hydroxyl groups is 1. The van der Waals surface area contributed by atoms with Crippen LogP contribution < -0.4 is 10.9 Å². The first-order valence-electron chi connectivity index (χ1n) is 3.95. The molecule has 0 aromatic heterocycles. The van der Waals surface area contributed by atoms with Gasteiger partial charge >= 0.3 is 0 Å².